The third kappa shape index (κ3) is 2.58. The van der Waals surface area contributed by atoms with Crippen molar-refractivity contribution in [3.63, 3.8) is 0 Å². The number of hydrogen-bond donors (Lipinski definition) is 3. The van der Waals surface area contributed by atoms with Crippen LogP contribution in [-0.4, -0.2) is 34.7 Å². The van der Waals surface area contributed by atoms with E-state index in [1.807, 2.05) is 0 Å². The number of carbonyl (C=O) groups excluding carboxylic acids is 1. The van der Waals surface area contributed by atoms with E-state index in [0.29, 0.717) is 12.8 Å². The molecule has 0 saturated heterocycles. The quantitative estimate of drug-likeness (QED) is 0.622. The molecule has 0 aromatic rings. The van der Waals surface area contributed by atoms with Gasteiger partial charge in [0, 0.05) is 19.6 Å². The highest BCUT2D eigenvalue weighted by molar-refractivity contribution is 5.84. The Hall–Kier alpha value is -0.970. The number of allylic oxidation sites excluding steroid dienone is 1. The minimum Gasteiger partial charge on any atom is -0.396 e. The molecule has 0 bridgehead atoms. The van der Waals surface area contributed by atoms with Crippen molar-refractivity contribution in [2.45, 2.75) is 25.4 Å². The number of aliphatic hydroxyl groups excluding tert-OH is 1. The molecule has 0 saturated carbocycles. The molecule has 0 amide bonds. The number of rotatable bonds is 5. The average molecular weight is 225 g/mol. The lowest BCUT2D eigenvalue weighted by Gasteiger charge is -2.33. The van der Waals surface area contributed by atoms with Crippen LogP contribution in [0.4, 0.5) is 0 Å². The number of carbonyl (C=O) groups is 1. The lowest BCUT2D eigenvalue weighted by Crippen LogP contribution is -2.47. The van der Waals surface area contributed by atoms with Crippen molar-refractivity contribution < 1.29 is 15.0 Å². The van der Waals surface area contributed by atoms with Crippen LogP contribution in [0.3, 0.4) is 0 Å². The maximum Gasteiger partial charge on any atom is 0.142 e. The summed E-state index contributed by atoms with van der Waals surface area (Å²) in [6.45, 7) is 1.78. The Balaban J connectivity index is 2.94. The highest BCUT2D eigenvalue weighted by atomic mass is 16.3. The molecular weight excluding hydrogens is 206 g/mol. The molecule has 0 fully saturated rings. The van der Waals surface area contributed by atoms with Gasteiger partial charge < -0.3 is 15.9 Å². The van der Waals surface area contributed by atoms with E-state index in [0.717, 1.165) is 5.57 Å². The van der Waals surface area contributed by atoms with Crippen molar-refractivity contribution >= 4 is 5.78 Å². The van der Waals surface area contributed by atoms with E-state index in [1.165, 1.54) is 0 Å². The third-order valence-corrected chi connectivity index (χ3v) is 2.90. The molecular formula is C12H19NO3. The smallest absolute Gasteiger partial charge is 0.142 e. The van der Waals surface area contributed by atoms with Gasteiger partial charge in [-0.25, -0.2) is 0 Å². The summed E-state index contributed by atoms with van der Waals surface area (Å²) in [7, 11) is 0. The summed E-state index contributed by atoms with van der Waals surface area (Å²) in [6.07, 6.45) is 5.90. The van der Waals surface area contributed by atoms with Gasteiger partial charge in [0.25, 0.3) is 0 Å². The predicted octanol–water partition coefficient (Wildman–Crippen LogP) is 0.150. The fourth-order valence-electron chi connectivity index (χ4n) is 1.92. The van der Waals surface area contributed by atoms with Crippen molar-refractivity contribution in [2.75, 3.05) is 13.2 Å². The van der Waals surface area contributed by atoms with Gasteiger partial charge >= 0.3 is 0 Å². The Morgan fingerprint density at radius 3 is 2.81 bits per heavy atom. The topological polar surface area (TPSA) is 83.5 Å². The molecule has 2 atom stereocenters. The lowest BCUT2D eigenvalue weighted by atomic mass is 9.78. The highest BCUT2D eigenvalue weighted by Gasteiger charge is 2.37. The molecule has 16 heavy (non-hydrogen) atoms. The molecule has 1 aliphatic rings. The van der Waals surface area contributed by atoms with Crippen molar-refractivity contribution in [1.29, 1.82) is 0 Å². The predicted molar refractivity (Wildman–Crippen MR) is 61.7 cm³/mol. The molecule has 0 aromatic heterocycles. The number of Topliss-reactive ketones (excluding diaryl/α,β-unsaturated/α-hetero) is 1. The monoisotopic (exact) mass is 225 g/mol. The van der Waals surface area contributed by atoms with Gasteiger partial charge in [0.1, 0.15) is 11.4 Å². The number of aliphatic hydroxyl groups is 2. The van der Waals surface area contributed by atoms with Crippen molar-refractivity contribution in [3.8, 4) is 0 Å². The zero-order valence-electron chi connectivity index (χ0n) is 9.52. The standard InChI is InChI=1S/C12H19NO3/c1-2-11(15)10-4-3-9(5-6-14)7-12(10,16)8-13/h3-4,7,10,14,16H,2,5-6,8,13H2,1H3. The van der Waals surface area contributed by atoms with E-state index in [1.54, 1.807) is 25.2 Å². The first kappa shape index (κ1) is 13.1. The van der Waals surface area contributed by atoms with Gasteiger partial charge in [0.15, 0.2) is 0 Å². The van der Waals surface area contributed by atoms with Crippen LogP contribution < -0.4 is 5.73 Å². The van der Waals surface area contributed by atoms with Crippen molar-refractivity contribution in [3.05, 3.63) is 23.8 Å². The van der Waals surface area contributed by atoms with Crippen LogP contribution in [0.2, 0.25) is 0 Å². The maximum atomic E-state index is 11.7. The van der Waals surface area contributed by atoms with Crippen LogP contribution in [0.1, 0.15) is 19.8 Å². The first-order valence-electron chi connectivity index (χ1n) is 5.53. The Morgan fingerprint density at radius 1 is 1.62 bits per heavy atom. The second-order valence-corrected chi connectivity index (χ2v) is 4.04. The summed E-state index contributed by atoms with van der Waals surface area (Å²) in [5, 5.41) is 19.1. The Bertz CT molecular complexity index is 322. The Morgan fingerprint density at radius 2 is 2.31 bits per heavy atom. The summed E-state index contributed by atoms with van der Waals surface area (Å²) < 4.78 is 0. The normalized spacial score (nSPS) is 29.0. The molecule has 2 unspecified atom stereocenters. The van der Waals surface area contributed by atoms with Crippen LogP contribution >= 0.6 is 0 Å². The second kappa shape index (κ2) is 5.39. The molecule has 0 aromatic carbocycles. The maximum absolute atomic E-state index is 11.7. The highest BCUT2D eigenvalue weighted by Crippen LogP contribution is 2.29. The molecule has 0 radical (unpaired) electrons. The van der Waals surface area contributed by atoms with Gasteiger partial charge in [0.2, 0.25) is 0 Å². The minimum atomic E-state index is -1.30. The molecule has 4 N–H and O–H groups in total. The summed E-state index contributed by atoms with van der Waals surface area (Å²) in [4.78, 5) is 11.7. The van der Waals surface area contributed by atoms with Crippen LogP contribution in [0.5, 0.6) is 0 Å². The number of ketones is 1. The van der Waals surface area contributed by atoms with E-state index in [9.17, 15) is 9.90 Å². The van der Waals surface area contributed by atoms with E-state index in [-0.39, 0.29) is 18.9 Å². The Kier molecular flexibility index (Phi) is 4.41. The van der Waals surface area contributed by atoms with Crippen molar-refractivity contribution in [1.82, 2.24) is 0 Å². The van der Waals surface area contributed by atoms with Crippen LogP contribution in [0.15, 0.2) is 23.8 Å². The molecule has 0 aliphatic heterocycles. The fraction of sp³-hybridized carbons (Fsp3) is 0.583. The summed E-state index contributed by atoms with van der Waals surface area (Å²) in [5.41, 5.74) is 5.05. The van der Waals surface area contributed by atoms with Gasteiger partial charge in [-0.1, -0.05) is 19.1 Å². The van der Waals surface area contributed by atoms with Crippen LogP contribution in [0, 0.1) is 5.92 Å². The molecule has 4 heteroatoms. The molecule has 0 heterocycles. The molecule has 0 spiro atoms. The lowest BCUT2D eigenvalue weighted by molar-refractivity contribution is -0.126. The van der Waals surface area contributed by atoms with Gasteiger partial charge in [-0.05, 0) is 18.1 Å². The summed E-state index contributed by atoms with van der Waals surface area (Å²) in [5.74, 6) is -0.589. The van der Waals surface area contributed by atoms with E-state index < -0.39 is 11.5 Å². The van der Waals surface area contributed by atoms with Gasteiger partial charge in [-0.15, -0.1) is 0 Å². The molecule has 1 aliphatic carbocycles. The largest absolute Gasteiger partial charge is 0.396 e. The SMILES string of the molecule is CCC(=O)C1C=CC(CCO)=CC1(O)CN. The second-order valence-electron chi connectivity index (χ2n) is 4.04. The Labute approximate surface area is 95.5 Å². The van der Waals surface area contributed by atoms with E-state index >= 15 is 0 Å². The first-order chi connectivity index (χ1) is 7.57. The van der Waals surface area contributed by atoms with E-state index in [4.69, 9.17) is 10.8 Å². The summed E-state index contributed by atoms with van der Waals surface area (Å²) in [6, 6.07) is 0. The summed E-state index contributed by atoms with van der Waals surface area (Å²) >= 11 is 0. The van der Waals surface area contributed by atoms with Gasteiger partial charge in [-0.3, -0.25) is 4.79 Å². The number of hydrogen-bond acceptors (Lipinski definition) is 4. The van der Waals surface area contributed by atoms with Crippen molar-refractivity contribution in [2.24, 2.45) is 11.7 Å². The number of nitrogens with two attached hydrogens (primary N) is 1. The average Bonchev–Trinajstić information content (AvgIpc) is 2.29. The van der Waals surface area contributed by atoms with Gasteiger partial charge in [-0.2, -0.15) is 0 Å². The van der Waals surface area contributed by atoms with Crippen LogP contribution in [-0.2, 0) is 4.79 Å². The van der Waals surface area contributed by atoms with Gasteiger partial charge in [0.05, 0.1) is 5.92 Å². The molecule has 4 nitrogen and oxygen atoms in total. The molecule has 1 rings (SSSR count). The zero-order chi connectivity index (χ0) is 12.2. The zero-order valence-corrected chi connectivity index (χ0v) is 9.52. The third-order valence-electron chi connectivity index (χ3n) is 2.90. The van der Waals surface area contributed by atoms with E-state index in [2.05, 4.69) is 0 Å². The fourth-order valence-corrected chi connectivity index (χ4v) is 1.92. The van der Waals surface area contributed by atoms with Crippen LogP contribution in [0.25, 0.3) is 0 Å². The first-order valence-corrected chi connectivity index (χ1v) is 5.53. The molecule has 90 valence electrons. The minimum absolute atomic E-state index is 0.00265.